The quantitative estimate of drug-likeness (QED) is 0.0439. The van der Waals surface area contributed by atoms with Gasteiger partial charge in [0, 0.05) is 112 Å². The lowest BCUT2D eigenvalue weighted by molar-refractivity contribution is 0.0664. The zero-order valence-electron chi connectivity index (χ0n) is 51.0. The fourth-order valence-corrected chi connectivity index (χ4v) is 14.8. The highest BCUT2D eigenvalue weighted by Gasteiger charge is 2.40. The summed E-state index contributed by atoms with van der Waals surface area (Å²) in [6, 6.07) is 12.6. The zero-order valence-corrected chi connectivity index (χ0v) is 54.8. The van der Waals surface area contributed by atoms with E-state index in [2.05, 4.69) is 113 Å². The van der Waals surface area contributed by atoms with Gasteiger partial charge in [-0.3, -0.25) is 13.2 Å². The molecule has 0 saturated carbocycles. The van der Waals surface area contributed by atoms with Gasteiger partial charge in [0.05, 0.1) is 40.0 Å². The standard InChI is InChI=1S/2C20H27N7O2.C20H22N6O2S.CHIS/c2*1-2-14-11-26(20(28)23-9-13-4-7-29-8-5-13)12-15(14)19-25-24-17-10-22-18-16(27(17)19)3-6-21-18;1-3-14-10-21-11-16(14)19-24-23-18-12-22-20-17(26(18)19)8-9-25(20)29(27,28)15-6-4-13(2)5-7-15;2-1-3/h2*3,6,10,13-15,21H,2,4-5,7-9,11-12H2,1H3,(H,23,28);4-9,12,14,16,21H,3,10-11H2,1-2H3;1H/t2*14-,15+;14-,16+;/m101./s1. The number of nitrogens with zero attached hydrogens (tertiary/aromatic N) is 15. The lowest BCUT2D eigenvalue weighted by Crippen LogP contribution is -2.41. The van der Waals surface area contributed by atoms with Crippen LogP contribution in [0.25, 0.3) is 50.4 Å². The highest BCUT2D eigenvalue weighted by molar-refractivity contribution is 14.1. The molecular weight excluding hydrogens is 1300 g/mol. The summed E-state index contributed by atoms with van der Waals surface area (Å²) in [4.78, 5) is 49.3. The molecule has 476 valence electrons. The van der Waals surface area contributed by atoms with Crippen LogP contribution in [0, 0.1) is 36.5 Å². The molecule has 26 nitrogen and oxygen atoms in total. The number of benzene rings is 1. The molecule has 0 unspecified atom stereocenters. The van der Waals surface area contributed by atoms with Crippen molar-refractivity contribution >= 4 is 111 Å². The van der Waals surface area contributed by atoms with Crippen LogP contribution in [0.4, 0.5) is 9.59 Å². The minimum absolute atomic E-state index is 0.0275. The molecule has 5 fully saturated rings. The molecule has 0 spiro atoms. The minimum Gasteiger partial charge on any atom is -0.381 e. The summed E-state index contributed by atoms with van der Waals surface area (Å²) < 4.78 is 46.1. The molecule has 10 aromatic rings. The number of nitrogens with one attached hydrogen (secondary N) is 5. The predicted molar refractivity (Wildman–Crippen MR) is 352 cm³/mol. The normalized spacial score (nSPS) is 21.6. The molecule has 0 bridgehead atoms. The largest absolute Gasteiger partial charge is 0.381 e. The summed E-state index contributed by atoms with van der Waals surface area (Å²) in [6.07, 6.45) is 17.5. The van der Waals surface area contributed by atoms with Crippen molar-refractivity contribution in [2.24, 2.45) is 29.6 Å². The van der Waals surface area contributed by atoms with Gasteiger partial charge in [0.2, 0.25) is 0 Å². The number of aromatic nitrogens is 15. The van der Waals surface area contributed by atoms with Gasteiger partial charge in [-0.1, -0.05) is 69.9 Å². The fourth-order valence-electron chi connectivity index (χ4n) is 13.5. The molecular formula is C61H77IN20O6S2. The first kappa shape index (κ1) is 62.9. The van der Waals surface area contributed by atoms with Crippen molar-refractivity contribution in [3.05, 3.63) is 103 Å². The van der Waals surface area contributed by atoms with E-state index in [4.69, 9.17) is 9.47 Å². The van der Waals surface area contributed by atoms with Gasteiger partial charge < -0.3 is 45.2 Å². The van der Waals surface area contributed by atoms with Crippen LogP contribution in [0.3, 0.4) is 0 Å². The number of likely N-dealkylation sites (tertiary alicyclic amines) is 2. The highest BCUT2D eigenvalue weighted by atomic mass is 127. The molecule has 5 saturated heterocycles. The van der Waals surface area contributed by atoms with Crippen LogP contribution in [0.5, 0.6) is 0 Å². The number of fused-ring (bicyclic) bond motifs is 9. The SMILES string of the molecule is CC[C@@H]1CN(C(=O)NCC2CCOCC2)C[C@@H]1c1nnc2cnc3[nH]ccc3n12.CC[C@@H]1CNC[C@@H]1c1nnc2cnc3c(ccn3S(=O)(=O)c3ccc(C)cc3)n12.CC[C@H]1CN(C(=O)NCC2CCOCC2)C[C@H]1c1nnc2cnc3[nH]ccc3n12.S=CI. The monoisotopic (exact) mass is 1380 g/mol. The van der Waals surface area contributed by atoms with Gasteiger partial charge in [0.1, 0.15) is 17.5 Å². The molecule has 29 heteroatoms. The van der Waals surface area contributed by atoms with Gasteiger partial charge in [-0.05, 0) is 122 Å². The molecule has 0 radical (unpaired) electrons. The van der Waals surface area contributed by atoms with Crippen LogP contribution in [-0.2, 0) is 19.5 Å². The Morgan fingerprint density at radius 1 is 0.611 bits per heavy atom. The van der Waals surface area contributed by atoms with E-state index in [1.165, 1.54) is 3.97 Å². The van der Waals surface area contributed by atoms with Gasteiger partial charge >= 0.3 is 12.1 Å². The molecule has 9 aromatic heterocycles. The Labute approximate surface area is 539 Å². The van der Waals surface area contributed by atoms with Crippen molar-refractivity contribution in [2.75, 3.05) is 78.8 Å². The van der Waals surface area contributed by atoms with Gasteiger partial charge in [-0.2, -0.15) is 0 Å². The number of aryl methyl sites for hydroxylation is 1. The lowest BCUT2D eigenvalue weighted by Gasteiger charge is -2.24. The number of hydrogen-bond donors (Lipinski definition) is 5. The Kier molecular flexibility index (Phi) is 19.6. The average Bonchev–Trinajstić information content (AvgIpc) is 1.61. The van der Waals surface area contributed by atoms with Crippen molar-refractivity contribution < 1.29 is 27.5 Å². The van der Waals surface area contributed by atoms with Gasteiger partial charge in [0.15, 0.2) is 33.9 Å². The van der Waals surface area contributed by atoms with E-state index in [1.54, 1.807) is 58.5 Å². The van der Waals surface area contributed by atoms with Crippen molar-refractivity contribution in [1.29, 1.82) is 0 Å². The Balaban J connectivity index is 0.000000128. The van der Waals surface area contributed by atoms with Crippen molar-refractivity contribution in [1.82, 2.24) is 98.4 Å². The van der Waals surface area contributed by atoms with Crippen LogP contribution in [0.15, 0.2) is 84.5 Å². The zero-order chi connectivity index (χ0) is 62.5. The van der Waals surface area contributed by atoms with E-state index in [-0.39, 0.29) is 34.7 Å². The smallest absolute Gasteiger partial charge is 0.317 e. The predicted octanol–water partition coefficient (Wildman–Crippen LogP) is 8.05. The van der Waals surface area contributed by atoms with E-state index in [9.17, 15) is 18.0 Å². The van der Waals surface area contributed by atoms with Crippen LogP contribution in [-0.4, -0.2) is 185 Å². The van der Waals surface area contributed by atoms with E-state index in [0.717, 1.165) is 167 Å². The molecule has 1 aromatic carbocycles. The maximum atomic E-state index is 13.2. The topological polar surface area (TPSA) is 295 Å². The number of amides is 4. The molecule has 6 atom stereocenters. The number of halogens is 1. The van der Waals surface area contributed by atoms with E-state index >= 15 is 0 Å². The second kappa shape index (κ2) is 28.0. The first-order valence-corrected chi connectivity index (χ1v) is 34.4. The Hall–Kier alpha value is -7.32. The molecule has 5 aliphatic heterocycles. The number of aromatic amines is 2. The number of carbonyl (C=O) groups is 2. The summed E-state index contributed by atoms with van der Waals surface area (Å²) in [5.41, 5.74) is 7.75. The second-order valence-electron chi connectivity index (χ2n) is 24.0. The number of thiocarbonyl (C=S) groups is 1. The third-order valence-corrected chi connectivity index (χ3v) is 20.4. The molecule has 5 N–H and O–H groups in total. The highest BCUT2D eigenvalue weighted by Crippen LogP contribution is 2.37. The van der Waals surface area contributed by atoms with Crippen LogP contribution >= 0.6 is 34.8 Å². The summed E-state index contributed by atoms with van der Waals surface area (Å²) in [6.45, 7) is 17.7. The third-order valence-electron chi connectivity index (χ3n) is 18.7. The first-order chi connectivity index (χ1) is 43.9. The van der Waals surface area contributed by atoms with Gasteiger partial charge in [-0.15, -0.1) is 30.6 Å². The van der Waals surface area contributed by atoms with Crippen molar-refractivity contribution in [2.45, 2.75) is 95.3 Å². The van der Waals surface area contributed by atoms with Gasteiger partial charge in [-0.25, -0.2) is 36.9 Å². The van der Waals surface area contributed by atoms with Crippen molar-refractivity contribution in [3.63, 3.8) is 0 Å². The summed E-state index contributed by atoms with van der Waals surface area (Å²) in [5, 5.41) is 36.1. The first-order valence-electron chi connectivity index (χ1n) is 31.2. The van der Waals surface area contributed by atoms with Crippen LogP contribution in [0.2, 0.25) is 0 Å². The van der Waals surface area contributed by atoms with Crippen LogP contribution in [0.1, 0.15) is 107 Å². The minimum atomic E-state index is -3.75. The number of ether oxygens (including phenoxy) is 2. The van der Waals surface area contributed by atoms with Crippen LogP contribution < -0.4 is 16.0 Å². The third kappa shape index (κ3) is 12.8. The average molecular weight is 1380 g/mol. The number of H-pyrrole nitrogens is 2. The van der Waals surface area contributed by atoms with Gasteiger partial charge in [0.25, 0.3) is 10.0 Å². The van der Waals surface area contributed by atoms with E-state index < -0.39 is 10.0 Å². The molecule has 0 aliphatic carbocycles. The molecule has 15 rings (SSSR count). The van der Waals surface area contributed by atoms with E-state index in [1.807, 2.05) is 68.2 Å². The lowest BCUT2D eigenvalue weighted by atomic mass is 9.93. The second-order valence-corrected chi connectivity index (χ2v) is 27.5. The Bertz CT molecular complexity index is 4060. The Morgan fingerprint density at radius 3 is 1.54 bits per heavy atom. The number of urea groups is 2. The molecule has 90 heavy (non-hydrogen) atoms. The maximum absolute atomic E-state index is 13.2. The number of carbonyl (C=O) groups excluding carboxylic acids is 2. The molecule has 4 amide bonds. The summed E-state index contributed by atoms with van der Waals surface area (Å²) >= 11 is 6.23. The molecule has 14 heterocycles. The number of hydrogen-bond acceptors (Lipinski definition) is 17. The van der Waals surface area contributed by atoms with E-state index in [0.29, 0.717) is 59.5 Å². The number of rotatable bonds is 12. The molecule has 5 aliphatic rings. The maximum Gasteiger partial charge on any atom is 0.317 e. The summed E-state index contributed by atoms with van der Waals surface area (Å²) in [5.74, 6) is 5.46. The fraction of sp³-hybridized carbons (Fsp3) is 0.508. The van der Waals surface area contributed by atoms with Crippen molar-refractivity contribution in [3.8, 4) is 0 Å². The Morgan fingerprint density at radius 2 is 1.07 bits per heavy atom. The summed E-state index contributed by atoms with van der Waals surface area (Å²) in [7, 11) is -3.75.